The van der Waals surface area contributed by atoms with Crippen molar-refractivity contribution in [1.29, 1.82) is 0 Å². The average molecular weight is 634 g/mol. The van der Waals surface area contributed by atoms with Crippen LogP contribution >= 0.6 is 0 Å². The summed E-state index contributed by atoms with van der Waals surface area (Å²) in [6.45, 7) is 14.2. The van der Waals surface area contributed by atoms with Gasteiger partial charge in [0, 0.05) is 57.0 Å². The van der Waals surface area contributed by atoms with Gasteiger partial charge < -0.3 is 25.2 Å². The van der Waals surface area contributed by atoms with Crippen LogP contribution in [-0.4, -0.2) is 53.6 Å². The summed E-state index contributed by atoms with van der Waals surface area (Å²) in [6, 6.07) is 16.9. The number of rotatable bonds is 13. The van der Waals surface area contributed by atoms with Gasteiger partial charge in [-0.3, -0.25) is 14.5 Å². The molecular weight excluding hydrogens is 578 g/mol. The van der Waals surface area contributed by atoms with E-state index in [0.29, 0.717) is 36.4 Å². The van der Waals surface area contributed by atoms with Crippen LogP contribution in [0, 0.1) is 16.7 Å². The maximum Gasteiger partial charge on any atom is 0.220 e. The van der Waals surface area contributed by atoms with E-state index in [1.165, 1.54) is 26.2 Å². The molecule has 8 heteroatoms. The zero-order valence-corrected chi connectivity index (χ0v) is 28.5. The van der Waals surface area contributed by atoms with Crippen LogP contribution in [0.2, 0.25) is 0 Å². The average Bonchev–Trinajstić information content (AvgIpc) is 3.26. The van der Waals surface area contributed by atoms with Crippen LogP contribution in [0.15, 0.2) is 48.5 Å². The first-order valence-corrected chi connectivity index (χ1v) is 17.3. The number of hydrogen-bond acceptors (Lipinski definition) is 6. The number of likely N-dealkylation sites (tertiary alicyclic amines) is 1. The molecule has 3 N–H and O–H groups in total. The lowest BCUT2D eigenvalue weighted by molar-refractivity contribution is -0.276. The second-order valence-corrected chi connectivity index (χ2v) is 15.3. The summed E-state index contributed by atoms with van der Waals surface area (Å²) in [5, 5.41) is 15.4. The third kappa shape index (κ3) is 8.97. The van der Waals surface area contributed by atoms with E-state index in [0.717, 1.165) is 54.6 Å². The van der Waals surface area contributed by atoms with Gasteiger partial charge in [-0.05, 0) is 59.6 Å². The van der Waals surface area contributed by atoms with Crippen LogP contribution in [0.25, 0.3) is 0 Å². The second-order valence-electron chi connectivity index (χ2n) is 15.3. The quantitative estimate of drug-likeness (QED) is 0.228. The predicted molar refractivity (Wildman–Crippen MR) is 180 cm³/mol. The van der Waals surface area contributed by atoms with E-state index >= 15 is 0 Å². The van der Waals surface area contributed by atoms with Crippen molar-refractivity contribution < 1.29 is 24.2 Å². The molecule has 3 aliphatic rings. The Morgan fingerprint density at radius 3 is 2.30 bits per heavy atom. The molecule has 8 nitrogen and oxygen atoms in total. The fraction of sp³-hybridized carbons (Fsp3) is 0.632. The van der Waals surface area contributed by atoms with Gasteiger partial charge in [-0.25, -0.2) is 0 Å². The van der Waals surface area contributed by atoms with Crippen molar-refractivity contribution in [2.45, 2.75) is 117 Å². The zero-order valence-electron chi connectivity index (χ0n) is 28.5. The summed E-state index contributed by atoms with van der Waals surface area (Å²) in [5.41, 5.74) is 4.71. The standard InChI is InChI=1S/C38H55N3O5/c1-26-33(22-41-25-38(5)20-32(41)19-37(3,4)24-38)45-36(46-35(26)30-14-12-29(23-42)13-15-30)31-16-10-28(11-17-31)21-40-34(44)9-7-6-8-18-39-27(2)43/h10-17,26,32-33,35-36,42H,6-9,18-25H2,1-5H3,(H,39,43)(H,40,44)/t26-,32?,33+,35+,36+,38?/m0/s1. The van der Waals surface area contributed by atoms with Crippen molar-refractivity contribution in [3.8, 4) is 0 Å². The Kier molecular flexibility index (Phi) is 11.2. The maximum absolute atomic E-state index is 12.4. The largest absolute Gasteiger partial charge is 0.392 e. The van der Waals surface area contributed by atoms with Crippen LogP contribution in [0.5, 0.6) is 0 Å². The molecule has 5 rings (SSSR count). The highest BCUT2D eigenvalue weighted by molar-refractivity contribution is 5.75. The van der Waals surface area contributed by atoms with Gasteiger partial charge in [0.05, 0.1) is 18.8 Å². The highest BCUT2D eigenvalue weighted by Crippen LogP contribution is 2.53. The molecule has 0 spiro atoms. The Morgan fingerprint density at radius 1 is 0.913 bits per heavy atom. The molecule has 1 saturated carbocycles. The third-order valence-electron chi connectivity index (χ3n) is 10.3. The fourth-order valence-corrected chi connectivity index (χ4v) is 8.28. The van der Waals surface area contributed by atoms with E-state index in [1.54, 1.807) is 0 Å². The maximum atomic E-state index is 12.4. The van der Waals surface area contributed by atoms with Crippen LogP contribution in [0.1, 0.15) is 114 Å². The molecule has 2 aromatic rings. The molecule has 252 valence electrons. The number of benzene rings is 2. The van der Waals surface area contributed by atoms with E-state index in [-0.39, 0.29) is 36.5 Å². The minimum Gasteiger partial charge on any atom is -0.392 e. The first kappa shape index (κ1) is 34.6. The van der Waals surface area contributed by atoms with E-state index in [9.17, 15) is 14.7 Å². The second kappa shape index (κ2) is 15.0. The molecule has 2 aliphatic heterocycles. The van der Waals surface area contributed by atoms with Crippen LogP contribution < -0.4 is 10.6 Å². The molecule has 46 heavy (non-hydrogen) atoms. The molecule has 0 radical (unpaired) electrons. The molecule has 2 unspecified atom stereocenters. The molecular formula is C38H55N3O5. The number of amides is 2. The van der Waals surface area contributed by atoms with Gasteiger partial charge in [-0.2, -0.15) is 0 Å². The van der Waals surface area contributed by atoms with Crippen molar-refractivity contribution in [1.82, 2.24) is 15.5 Å². The first-order valence-electron chi connectivity index (χ1n) is 17.3. The molecule has 2 saturated heterocycles. The van der Waals surface area contributed by atoms with Crippen LogP contribution in [0.4, 0.5) is 0 Å². The molecule has 2 bridgehead atoms. The Balaban J connectivity index is 1.22. The summed E-state index contributed by atoms with van der Waals surface area (Å²) in [5.74, 6) is 0.173. The van der Waals surface area contributed by atoms with Crippen molar-refractivity contribution in [3.05, 3.63) is 70.8 Å². The minimum atomic E-state index is -0.501. The summed E-state index contributed by atoms with van der Waals surface area (Å²) in [6.07, 6.45) is 6.20. The number of fused-ring (bicyclic) bond motifs is 2. The topological polar surface area (TPSA) is 100 Å². The molecule has 6 atom stereocenters. The van der Waals surface area contributed by atoms with Gasteiger partial charge in [0.2, 0.25) is 11.8 Å². The van der Waals surface area contributed by atoms with Gasteiger partial charge in [0.15, 0.2) is 6.29 Å². The number of aliphatic hydroxyl groups excluding tert-OH is 1. The lowest BCUT2D eigenvalue weighted by Gasteiger charge is -2.43. The number of nitrogens with one attached hydrogen (secondary N) is 2. The number of carbonyl (C=O) groups is 2. The monoisotopic (exact) mass is 633 g/mol. The molecule has 2 heterocycles. The van der Waals surface area contributed by atoms with E-state index in [2.05, 4.69) is 67.5 Å². The first-order chi connectivity index (χ1) is 21.9. The van der Waals surface area contributed by atoms with Gasteiger partial charge in [-0.15, -0.1) is 0 Å². The number of carbonyl (C=O) groups excluding carboxylic acids is 2. The Hall–Kier alpha value is -2.78. The zero-order chi connectivity index (χ0) is 32.9. The summed E-state index contributed by atoms with van der Waals surface area (Å²) >= 11 is 0. The SMILES string of the molecule is CC(=O)NCCCCCC(=O)NCc1ccc([C@@H]2O[C@H](CN3CC4(C)CC3CC(C)(C)C4)[C@H](C)[C@H](c3ccc(CO)cc3)O2)cc1. The lowest BCUT2D eigenvalue weighted by atomic mass is 9.65. The summed E-state index contributed by atoms with van der Waals surface area (Å²) < 4.78 is 13.5. The number of aliphatic hydroxyl groups is 1. The summed E-state index contributed by atoms with van der Waals surface area (Å²) in [7, 11) is 0. The highest BCUT2D eigenvalue weighted by Gasteiger charge is 2.51. The van der Waals surface area contributed by atoms with Gasteiger partial charge >= 0.3 is 0 Å². The van der Waals surface area contributed by atoms with Crippen molar-refractivity contribution in [2.24, 2.45) is 16.7 Å². The fourth-order valence-electron chi connectivity index (χ4n) is 8.28. The van der Waals surface area contributed by atoms with Crippen molar-refractivity contribution in [3.63, 3.8) is 0 Å². The van der Waals surface area contributed by atoms with E-state index < -0.39 is 6.29 Å². The Labute approximate surface area is 275 Å². The molecule has 0 aromatic heterocycles. The minimum absolute atomic E-state index is 0.00420. The normalized spacial score (nSPS) is 29.0. The summed E-state index contributed by atoms with van der Waals surface area (Å²) in [4.78, 5) is 26.0. The van der Waals surface area contributed by atoms with E-state index in [4.69, 9.17) is 9.47 Å². The van der Waals surface area contributed by atoms with Crippen molar-refractivity contribution >= 4 is 11.8 Å². The van der Waals surface area contributed by atoms with Crippen LogP contribution in [-0.2, 0) is 32.2 Å². The van der Waals surface area contributed by atoms with Gasteiger partial charge in [0.25, 0.3) is 0 Å². The smallest absolute Gasteiger partial charge is 0.220 e. The Morgan fingerprint density at radius 2 is 1.61 bits per heavy atom. The van der Waals surface area contributed by atoms with E-state index in [1.807, 2.05) is 24.3 Å². The third-order valence-corrected chi connectivity index (χ3v) is 10.3. The number of unbranched alkanes of at least 4 members (excludes halogenated alkanes) is 2. The van der Waals surface area contributed by atoms with Crippen molar-refractivity contribution in [2.75, 3.05) is 19.6 Å². The van der Waals surface area contributed by atoms with Crippen LogP contribution in [0.3, 0.4) is 0 Å². The molecule has 3 fully saturated rings. The Bertz CT molecular complexity index is 1310. The number of nitrogens with zero attached hydrogens (tertiary/aromatic N) is 1. The molecule has 1 aliphatic carbocycles. The molecule has 2 amide bonds. The van der Waals surface area contributed by atoms with Gasteiger partial charge in [-0.1, -0.05) is 82.6 Å². The predicted octanol–water partition coefficient (Wildman–Crippen LogP) is 6.18. The van der Waals surface area contributed by atoms with Gasteiger partial charge in [0.1, 0.15) is 0 Å². The number of hydrogen-bond donors (Lipinski definition) is 3. The number of ether oxygens (including phenoxy) is 2. The molecule has 2 aromatic carbocycles. The lowest BCUT2D eigenvalue weighted by Crippen LogP contribution is -2.46. The highest BCUT2D eigenvalue weighted by atomic mass is 16.7.